The summed E-state index contributed by atoms with van der Waals surface area (Å²) in [5, 5.41) is 0. The maximum atomic E-state index is 12.4. The fourth-order valence-corrected chi connectivity index (χ4v) is 2.84. The Balaban J connectivity index is 1.89. The number of nitrogens with two attached hydrogens (primary N) is 1. The molecular formula is C17H26N2O2. The van der Waals surface area contributed by atoms with Gasteiger partial charge in [0.15, 0.2) is 5.66 Å². The van der Waals surface area contributed by atoms with Crippen molar-refractivity contribution in [2.45, 2.75) is 51.3 Å². The Hall–Kier alpha value is -1.39. The lowest BCUT2D eigenvalue weighted by Crippen LogP contribution is -2.58. The minimum atomic E-state index is -0.928. The van der Waals surface area contributed by atoms with E-state index in [4.69, 9.17) is 10.5 Å². The number of esters is 1. The van der Waals surface area contributed by atoms with Crippen molar-refractivity contribution in [2.24, 2.45) is 5.73 Å². The summed E-state index contributed by atoms with van der Waals surface area (Å²) in [5.74, 6) is -0.291. The minimum absolute atomic E-state index is 0.291. The minimum Gasteiger partial charge on any atom is -0.458 e. The van der Waals surface area contributed by atoms with Gasteiger partial charge in [-0.1, -0.05) is 50.1 Å². The molecule has 1 heterocycles. The molecule has 1 aliphatic heterocycles. The zero-order valence-corrected chi connectivity index (χ0v) is 12.9. The van der Waals surface area contributed by atoms with E-state index in [1.165, 1.54) is 12.8 Å². The van der Waals surface area contributed by atoms with Crippen LogP contribution >= 0.6 is 0 Å². The molecule has 21 heavy (non-hydrogen) atoms. The Labute approximate surface area is 127 Å². The highest BCUT2D eigenvalue weighted by Crippen LogP contribution is 2.26. The molecule has 0 amide bonds. The predicted molar refractivity (Wildman–Crippen MR) is 83.5 cm³/mol. The van der Waals surface area contributed by atoms with E-state index in [0.29, 0.717) is 13.0 Å². The number of hydrogen-bond donors (Lipinski definition) is 1. The van der Waals surface area contributed by atoms with Gasteiger partial charge in [0.1, 0.15) is 6.61 Å². The van der Waals surface area contributed by atoms with Gasteiger partial charge in [-0.05, 0) is 24.8 Å². The standard InChI is InChI=1S/C17H26N2O2/c1-2-3-7-12-19-13-8-11-17(19,18)16(20)21-14-15-9-5-4-6-10-15/h4-6,9-10H,2-3,7-8,11-14,18H2,1H3. The predicted octanol–water partition coefficient (Wildman–Crippen LogP) is 2.67. The maximum absolute atomic E-state index is 12.4. The van der Waals surface area contributed by atoms with Gasteiger partial charge in [0.2, 0.25) is 0 Å². The summed E-state index contributed by atoms with van der Waals surface area (Å²) in [7, 11) is 0. The molecule has 4 nitrogen and oxygen atoms in total. The smallest absolute Gasteiger partial charge is 0.341 e. The molecule has 1 aromatic carbocycles. The number of benzene rings is 1. The monoisotopic (exact) mass is 290 g/mol. The average molecular weight is 290 g/mol. The number of hydrogen-bond acceptors (Lipinski definition) is 4. The zero-order chi connectivity index (χ0) is 15.1. The second-order valence-electron chi connectivity index (χ2n) is 5.78. The Morgan fingerprint density at radius 2 is 2.10 bits per heavy atom. The number of rotatable bonds is 7. The Kier molecular flexibility index (Phi) is 5.76. The summed E-state index contributed by atoms with van der Waals surface area (Å²) in [6.07, 6.45) is 5.08. The molecule has 0 spiro atoms. The van der Waals surface area contributed by atoms with Gasteiger partial charge in [-0.2, -0.15) is 0 Å². The van der Waals surface area contributed by atoms with Crippen LogP contribution < -0.4 is 5.73 Å². The molecule has 1 aromatic rings. The molecule has 1 fully saturated rings. The SMILES string of the molecule is CCCCCN1CCCC1(N)C(=O)OCc1ccccc1. The van der Waals surface area contributed by atoms with E-state index >= 15 is 0 Å². The number of nitrogens with zero attached hydrogens (tertiary/aromatic N) is 1. The normalized spacial score (nSPS) is 22.4. The Morgan fingerprint density at radius 1 is 1.33 bits per heavy atom. The Bertz CT molecular complexity index is 449. The first-order chi connectivity index (χ1) is 10.2. The van der Waals surface area contributed by atoms with E-state index in [-0.39, 0.29) is 5.97 Å². The highest BCUT2D eigenvalue weighted by atomic mass is 16.5. The van der Waals surface area contributed by atoms with Crippen LogP contribution in [0.15, 0.2) is 30.3 Å². The summed E-state index contributed by atoms with van der Waals surface area (Å²) in [4.78, 5) is 14.5. The molecular weight excluding hydrogens is 264 g/mol. The van der Waals surface area contributed by atoms with Gasteiger partial charge in [-0.15, -0.1) is 0 Å². The van der Waals surface area contributed by atoms with Crippen LogP contribution in [0.4, 0.5) is 0 Å². The van der Waals surface area contributed by atoms with Crippen LogP contribution in [0.2, 0.25) is 0 Å². The van der Waals surface area contributed by atoms with Crippen molar-refractivity contribution in [1.29, 1.82) is 0 Å². The number of unbranched alkanes of at least 4 members (excludes halogenated alkanes) is 2. The van der Waals surface area contributed by atoms with Gasteiger partial charge in [-0.3, -0.25) is 4.90 Å². The molecule has 1 atom stereocenters. The number of carbonyl (C=O) groups is 1. The molecule has 0 aliphatic carbocycles. The lowest BCUT2D eigenvalue weighted by molar-refractivity contribution is -0.158. The highest BCUT2D eigenvalue weighted by molar-refractivity contribution is 5.80. The van der Waals surface area contributed by atoms with Crippen molar-refractivity contribution in [3.8, 4) is 0 Å². The van der Waals surface area contributed by atoms with Gasteiger partial charge >= 0.3 is 5.97 Å². The van der Waals surface area contributed by atoms with E-state index in [1.54, 1.807) is 0 Å². The Morgan fingerprint density at radius 3 is 2.81 bits per heavy atom. The fraction of sp³-hybridized carbons (Fsp3) is 0.588. The van der Waals surface area contributed by atoms with Crippen LogP contribution in [0, 0.1) is 0 Å². The van der Waals surface area contributed by atoms with E-state index in [2.05, 4.69) is 11.8 Å². The first-order valence-corrected chi connectivity index (χ1v) is 7.92. The first-order valence-electron chi connectivity index (χ1n) is 7.92. The van der Waals surface area contributed by atoms with Gasteiger partial charge in [-0.25, -0.2) is 4.79 Å². The summed E-state index contributed by atoms with van der Waals surface area (Å²) in [6.45, 7) is 4.24. The van der Waals surface area contributed by atoms with Crippen molar-refractivity contribution in [3.05, 3.63) is 35.9 Å². The summed E-state index contributed by atoms with van der Waals surface area (Å²) >= 11 is 0. The van der Waals surface area contributed by atoms with E-state index in [1.807, 2.05) is 30.3 Å². The molecule has 0 radical (unpaired) electrons. The molecule has 116 valence electrons. The molecule has 2 rings (SSSR count). The van der Waals surface area contributed by atoms with Gasteiger partial charge in [0.05, 0.1) is 0 Å². The van der Waals surface area contributed by atoms with Gasteiger partial charge in [0, 0.05) is 13.1 Å². The third-order valence-electron chi connectivity index (χ3n) is 4.15. The van der Waals surface area contributed by atoms with Crippen molar-refractivity contribution in [2.75, 3.05) is 13.1 Å². The first kappa shape index (κ1) is 16.0. The lowest BCUT2D eigenvalue weighted by atomic mass is 10.1. The largest absolute Gasteiger partial charge is 0.458 e. The van der Waals surface area contributed by atoms with Crippen molar-refractivity contribution in [3.63, 3.8) is 0 Å². The summed E-state index contributed by atoms with van der Waals surface area (Å²) in [5.41, 5.74) is 6.41. The van der Waals surface area contributed by atoms with Crippen molar-refractivity contribution in [1.82, 2.24) is 4.90 Å². The van der Waals surface area contributed by atoms with Crippen LogP contribution in [0.5, 0.6) is 0 Å². The molecule has 1 aliphatic rings. The van der Waals surface area contributed by atoms with Crippen molar-refractivity contribution < 1.29 is 9.53 Å². The molecule has 2 N–H and O–H groups in total. The van der Waals surface area contributed by atoms with E-state index in [0.717, 1.165) is 31.5 Å². The van der Waals surface area contributed by atoms with Crippen molar-refractivity contribution >= 4 is 5.97 Å². The third-order valence-corrected chi connectivity index (χ3v) is 4.15. The molecule has 4 heteroatoms. The van der Waals surface area contributed by atoms with Crippen LogP contribution in [0.1, 0.15) is 44.6 Å². The summed E-state index contributed by atoms with van der Waals surface area (Å²) < 4.78 is 5.45. The molecule has 1 saturated heterocycles. The summed E-state index contributed by atoms with van der Waals surface area (Å²) in [6, 6.07) is 9.72. The van der Waals surface area contributed by atoms with Crippen LogP contribution in [0.3, 0.4) is 0 Å². The second kappa shape index (κ2) is 7.57. The fourth-order valence-electron chi connectivity index (χ4n) is 2.84. The average Bonchev–Trinajstić information content (AvgIpc) is 2.89. The maximum Gasteiger partial charge on any atom is 0.341 e. The second-order valence-corrected chi connectivity index (χ2v) is 5.78. The molecule has 0 bridgehead atoms. The quantitative estimate of drug-likeness (QED) is 0.619. The number of carbonyl (C=O) groups excluding carboxylic acids is 1. The van der Waals surface area contributed by atoms with Crippen LogP contribution in [-0.4, -0.2) is 29.6 Å². The van der Waals surface area contributed by atoms with Gasteiger partial charge in [0.25, 0.3) is 0 Å². The van der Waals surface area contributed by atoms with E-state index < -0.39 is 5.66 Å². The van der Waals surface area contributed by atoms with Crippen LogP contribution in [-0.2, 0) is 16.1 Å². The molecule has 0 aromatic heterocycles. The highest BCUT2D eigenvalue weighted by Gasteiger charge is 2.45. The molecule has 0 saturated carbocycles. The topological polar surface area (TPSA) is 55.6 Å². The van der Waals surface area contributed by atoms with Gasteiger partial charge < -0.3 is 10.5 Å². The number of ether oxygens (including phenoxy) is 1. The third kappa shape index (κ3) is 4.05. The lowest BCUT2D eigenvalue weighted by Gasteiger charge is -2.32. The zero-order valence-electron chi connectivity index (χ0n) is 12.9. The number of likely N-dealkylation sites (tertiary alicyclic amines) is 1. The van der Waals surface area contributed by atoms with E-state index in [9.17, 15) is 4.79 Å². The van der Waals surface area contributed by atoms with Crippen LogP contribution in [0.25, 0.3) is 0 Å². The molecule has 1 unspecified atom stereocenters.